The molecule has 2 aromatic rings. The molecule has 134 valence electrons. The minimum Gasteiger partial charge on any atom is -0.381 e. The van der Waals surface area contributed by atoms with Crippen LogP contribution in [0.4, 0.5) is 0 Å². The lowest BCUT2D eigenvalue weighted by atomic mass is 10.0. The van der Waals surface area contributed by atoms with Crippen molar-refractivity contribution in [3.05, 3.63) is 35.3 Å². The summed E-state index contributed by atoms with van der Waals surface area (Å²) >= 11 is 0. The maximum Gasteiger partial charge on any atom is 0.143 e. The molecule has 2 aliphatic heterocycles. The Morgan fingerprint density at radius 2 is 1.96 bits per heavy atom. The van der Waals surface area contributed by atoms with E-state index < -0.39 is 0 Å². The molecule has 0 aliphatic carbocycles. The first-order valence-corrected chi connectivity index (χ1v) is 9.06. The lowest BCUT2D eigenvalue weighted by Crippen LogP contribution is -2.47. The number of pyridine rings is 1. The second-order valence-electron chi connectivity index (χ2n) is 6.84. The summed E-state index contributed by atoms with van der Waals surface area (Å²) in [5, 5.41) is 4.04. The van der Waals surface area contributed by atoms with E-state index in [1.165, 1.54) is 0 Å². The zero-order chi connectivity index (χ0) is 17.2. The molecule has 0 bridgehead atoms. The molecule has 0 radical (unpaired) electrons. The van der Waals surface area contributed by atoms with Crippen LogP contribution in [-0.2, 0) is 9.47 Å². The van der Waals surface area contributed by atoms with Gasteiger partial charge in [-0.3, -0.25) is 4.90 Å². The van der Waals surface area contributed by atoms with E-state index in [4.69, 9.17) is 19.0 Å². The molecule has 2 fully saturated rings. The van der Waals surface area contributed by atoms with Gasteiger partial charge in [-0.2, -0.15) is 0 Å². The van der Waals surface area contributed by atoms with Crippen LogP contribution in [0, 0.1) is 13.8 Å². The number of aromatic nitrogens is 2. The number of ether oxygens (including phenoxy) is 2. The molecule has 0 saturated carbocycles. The lowest BCUT2D eigenvalue weighted by molar-refractivity contribution is -0.0646. The molecular formula is C19H25N3O3. The molecule has 0 amide bonds. The predicted molar refractivity (Wildman–Crippen MR) is 93.3 cm³/mol. The third-order valence-corrected chi connectivity index (χ3v) is 5.20. The fourth-order valence-electron chi connectivity index (χ4n) is 3.85. The van der Waals surface area contributed by atoms with Crippen molar-refractivity contribution in [3.8, 4) is 11.3 Å². The summed E-state index contributed by atoms with van der Waals surface area (Å²) in [4.78, 5) is 7.41. The molecule has 25 heavy (non-hydrogen) atoms. The Morgan fingerprint density at radius 1 is 1.12 bits per heavy atom. The molecule has 4 heterocycles. The topological polar surface area (TPSA) is 60.6 Å². The summed E-state index contributed by atoms with van der Waals surface area (Å²) in [5.74, 6) is 0.801. The van der Waals surface area contributed by atoms with Crippen LogP contribution in [-0.4, -0.2) is 54.0 Å². The van der Waals surface area contributed by atoms with Gasteiger partial charge in [0.2, 0.25) is 0 Å². The highest BCUT2D eigenvalue weighted by atomic mass is 16.5. The average molecular weight is 343 g/mol. The number of morpholine rings is 1. The number of hydrogen-bond donors (Lipinski definition) is 0. The largest absolute Gasteiger partial charge is 0.381 e. The highest BCUT2D eigenvalue weighted by molar-refractivity contribution is 5.63. The Labute approximate surface area is 148 Å². The molecule has 0 unspecified atom stereocenters. The van der Waals surface area contributed by atoms with E-state index in [0.29, 0.717) is 6.04 Å². The summed E-state index contributed by atoms with van der Waals surface area (Å²) in [6.07, 6.45) is 2.23. The summed E-state index contributed by atoms with van der Waals surface area (Å²) in [5.41, 5.74) is 3.74. The van der Waals surface area contributed by atoms with Crippen LogP contribution in [0.15, 0.2) is 22.7 Å². The molecule has 2 aromatic heterocycles. The molecule has 1 atom stereocenters. The van der Waals surface area contributed by atoms with E-state index in [1.807, 2.05) is 26.0 Å². The smallest absolute Gasteiger partial charge is 0.143 e. The summed E-state index contributed by atoms with van der Waals surface area (Å²) in [7, 11) is 0. The molecule has 2 saturated heterocycles. The van der Waals surface area contributed by atoms with E-state index >= 15 is 0 Å². The predicted octanol–water partition coefficient (Wildman–Crippen LogP) is 2.91. The van der Waals surface area contributed by atoms with Gasteiger partial charge in [0, 0.05) is 32.3 Å². The molecule has 0 spiro atoms. The van der Waals surface area contributed by atoms with Crippen molar-refractivity contribution in [1.29, 1.82) is 0 Å². The number of hydrogen-bond acceptors (Lipinski definition) is 6. The van der Waals surface area contributed by atoms with Crippen LogP contribution in [0.5, 0.6) is 0 Å². The van der Waals surface area contributed by atoms with Crippen LogP contribution in [0.1, 0.15) is 36.1 Å². The molecule has 4 rings (SSSR count). The Kier molecular flexibility index (Phi) is 4.83. The fraction of sp³-hybridized carbons (Fsp3) is 0.579. The average Bonchev–Trinajstić information content (AvgIpc) is 3.01. The molecule has 0 aromatic carbocycles. The molecular weight excluding hydrogens is 318 g/mol. The molecule has 6 heteroatoms. The van der Waals surface area contributed by atoms with Gasteiger partial charge in [0.15, 0.2) is 0 Å². The first-order chi connectivity index (χ1) is 12.2. The summed E-state index contributed by atoms with van der Waals surface area (Å²) in [6, 6.07) is 6.71. The van der Waals surface area contributed by atoms with E-state index in [0.717, 1.165) is 74.2 Å². The zero-order valence-electron chi connectivity index (χ0n) is 14.9. The normalized spacial score (nSPS) is 23.0. The third kappa shape index (κ3) is 3.47. The molecule has 6 nitrogen and oxygen atoms in total. The third-order valence-electron chi connectivity index (χ3n) is 5.20. The minimum absolute atomic E-state index is 0.0111. The summed E-state index contributed by atoms with van der Waals surface area (Å²) < 4.78 is 16.8. The Morgan fingerprint density at radius 3 is 2.72 bits per heavy atom. The zero-order valence-corrected chi connectivity index (χ0v) is 14.9. The lowest BCUT2D eigenvalue weighted by Gasteiger charge is -2.39. The maximum absolute atomic E-state index is 6.04. The van der Waals surface area contributed by atoms with Crippen LogP contribution in [0.2, 0.25) is 0 Å². The van der Waals surface area contributed by atoms with Gasteiger partial charge in [0.05, 0.1) is 29.3 Å². The Hall–Kier alpha value is -1.76. The maximum atomic E-state index is 6.04. The molecule has 0 N–H and O–H groups in total. The van der Waals surface area contributed by atoms with Gasteiger partial charge in [-0.05, 0) is 38.8 Å². The first kappa shape index (κ1) is 16.7. The van der Waals surface area contributed by atoms with Crippen molar-refractivity contribution >= 4 is 0 Å². The Balaban J connectivity index is 1.54. The van der Waals surface area contributed by atoms with Gasteiger partial charge in [-0.1, -0.05) is 11.2 Å². The van der Waals surface area contributed by atoms with Crippen molar-refractivity contribution in [1.82, 2.24) is 15.0 Å². The van der Waals surface area contributed by atoms with Gasteiger partial charge in [0.1, 0.15) is 11.9 Å². The van der Waals surface area contributed by atoms with Crippen LogP contribution < -0.4 is 0 Å². The van der Waals surface area contributed by atoms with Crippen molar-refractivity contribution in [2.24, 2.45) is 0 Å². The summed E-state index contributed by atoms with van der Waals surface area (Å²) in [6.45, 7) is 8.24. The monoisotopic (exact) mass is 343 g/mol. The van der Waals surface area contributed by atoms with E-state index in [2.05, 4.69) is 16.1 Å². The van der Waals surface area contributed by atoms with Gasteiger partial charge >= 0.3 is 0 Å². The number of rotatable bonds is 3. The quantitative estimate of drug-likeness (QED) is 0.854. The number of aryl methyl sites for hydroxylation is 2. The SMILES string of the molecule is Cc1noc(C)c1-c1cccc([C@H]2CN(C3CCOCC3)CCO2)n1. The van der Waals surface area contributed by atoms with Gasteiger partial charge in [0.25, 0.3) is 0 Å². The van der Waals surface area contributed by atoms with Gasteiger partial charge in [-0.15, -0.1) is 0 Å². The van der Waals surface area contributed by atoms with E-state index in [-0.39, 0.29) is 6.10 Å². The first-order valence-electron chi connectivity index (χ1n) is 9.06. The highest BCUT2D eigenvalue weighted by Gasteiger charge is 2.29. The molecule has 2 aliphatic rings. The van der Waals surface area contributed by atoms with Crippen molar-refractivity contribution < 1.29 is 14.0 Å². The highest BCUT2D eigenvalue weighted by Crippen LogP contribution is 2.29. The van der Waals surface area contributed by atoms with Gasteiger partial charge < -0.3 is 14.0 Å². The van der Waals surface area contributed by atoms with Crippen molar-refractivity contribution in [2.75, 3.05) is 32.9 Å². The second kappa shape index (κ2) is 7.23. The number of nitrogens with zero attached hydrogens (tertiary/aromatic N) is 3. The van der Waals surface area contributed by atoms with Crippen molar-refractivity contribution in [2.45, 2.75) is 38.8 Å². The van der Waals surface area contributed by atoms with E-state index in [1.54, 1.807) is 0 Å². The van der Waals surface area contributed by atoms with E-state index in [9.17, 15) is 0 Å². The van der Waals surface area contributed by atoms with Crippen molar-refractivity contribution in [3.63, 3.8) is 0 Å². The Bertz CT molecular complexity index is 705. The van der Waals surface area contributed by atoms with Crippen LogP contribution in [0.3, 0.4) is 0 Å². The second-order valence-corrected chi connectivity index (χ2v) is 6.84. The van der Waals surface area contributed by atoms with Crippen LogP contribution in [0.25, 0.3) is 11.3 Å². The van der Waals surface area contributed by atoms with Gasteiger partial charge in [-0.25, -0.2) is 4.98 Å². The van der Waals surface area contributed by atoms with Crippen LogP contribution >= 0.6 is 0 Å². The fourth-order valence-corrected chi connectivity index (χ4v) is 3.85. The minimum atomic E-state index is 0.0111. The standard InChI is InChI=1S/C19H25N3O3/c1-13-19(14(2)25-21-13)17-5-3-4-16(20-17)18-12-22(8-11-24-18)15-6-9-23-10-7-15/h3-5,15,18H,6-12H2,1-2H3/t18-/m1/s1.